The molecule has 0 bridgehead atoms. The van der Waals surface area contributed by atoms with Crippen LogP contribution in [0.4, 0.5) is 17.6 Å². The highest BCUT2D eigenvalue weighted by molar-refractivity contribution is 5.95. The zero-order valence-corrected chi connectivity index (χ0v) is 41.0. The second kappa shape index (κ2) is 30.5. The number of amides is 4. The smallest absolute Gasteiger partial charge is 0.252 e. The molecular weight excluding hydrogens is 933 g/mol. The molecule has 0 unspecified atom stereocenters. The van der Waals surface area contributed by atoms with Crippen LogP contribution in [0.5, 0.6) is 5.75 Å². The maximum Gasteiger partial charge on any atom is 0.252 e. The number of aryl methyl sites for hydroxylation is 1. The fourth-order valence-electron chi connectivity index (χ4n) is 7.71. The molecule has 0 saturated heterocycles. The van der Waals surface area contributed by atoms with Gasteiger partial charge in [-0.3, -0.25) is 19.2 Å². The fraction of sp³-hybridized carbons (Fsp3) is 0.267. The molecule has 0 heterocycles. The summed E-state index contributed by atoms with van der Waals surface area (Å²) in [4.78, 5) is 48.4. The number of carbonyl (C=O) groups is 4. The molecule has 4 amide bonds. The van der Waals surface area contributed by atoms with Gasteiger partial charge in [-0.15, -0.1) is 0 Å². The minimum Gasteiger partial charge on any atom is -0.497 e. The average molecular weight is 993 g/mol. The van der Waals surface area contributed by atoms with Gasteiger partial charge in [0.05, 0.1) is 33.3 Å². The summed E-state index contributed by atoms with van der Waals surface area (Å²) in [6, 6.07) is 39.4. The lowest BCUT2D eigenvalue weighted by atomic mass is 9.87. The number of ether oxygens (including phenoxy) is 1. The molecule has 6 aromatic carbocycles. The molecule has 0 aromatic heterocycles. The van der Waals surface area contributed by atoms with Crippen LogP contribution in [-0.4, -0.2) is 56.9 Å². The third-order valence-corrected chi connectivity index (χ3v) is 11.7. The van der Waals surface area contributed by atoms with Gasteiger partial charge in [-0.2, -0.15) is 0 Å². The number of hydrogen-bond donors (Lipinski definition) is 4. The van der Waals surface area contributed by atoms with Crippen molar-refractivity contribution in [1.82, 2.24) is 21.3 Å². The lowest BCUT2D eigenvalue weighted by molar-refractivity contribution is -0.121. The fourth-order valence-corrected chi connectivity index (χ4v) is 7.71. The molecule has 6 rings (SSSR count). The number of carbonyl (C=O) groups excluding carboxylic acids is 4. The van der Waals surface area contributed by atoms with Crippen LogP contribution in [0.25, 0.3) is 0 Å². The first-order chi connectivity index (χ1) is 35.4. The van der Waals surface area contributed by atoms with Crippen LogP contribution in [-0.2, 0) is 9.59 Å². The number of nitrogens with one attached hydrogen (secondary N) is 4. The number of halogens is 4. The van der Waals surface area contributed by atoms with Crippen LogP contribution < -0.4 is 26.0 Å². The van der Waals surface area contributed by atoms with Crippen molar-refractivity contribution in [2.24, 2.45) is 0 Å². The van der Waals surface area contributed by atoms with Crippen LogP contribution >= 0.6 is 0 Å². The topological polar surface area (TPSA) is 126 Å². The summed E-state index contributed by atoms with van der Waals surface area (Å²) >= 11 is 0. The van der Waals surface area contributed by atoms with Gasteiger partial charge in [0.2, 0.25) is 11.8 Å². The molecule has 0 fully saturated rings. The maximum atomic E-state index is 13.4. The molecule has 0 saturated carbocycles. The Morgan fingerprint density at radius 1 is 0.425 bits per heavy atom. The molecule has 0 radical (unpaired) electrons. The first-order valence-corrected chi connectivity index (χ1v) is 24.1. The summed E-state index contributed by atoms with van der Waals surface area (Å²) in [6.07, 6.45) is 5.14. The highest BCUT2D eigenvalue weighted by Crippen LogP contribution is 2.32. The van der Waals surface area contributed by atoms with Gasteiger partial charge in [0, 0.05) is 35.8 Å². The summed E-state index contributed by atoms with van der Waals surface area (Å²) in [7, 11) is 1.56. The number of methoxy groups -OCH3 is 1. The van der Waals surface area contributed by atoms with E-state index in [2.05, 4.69) is 44.9 Å². The van der Waals surface area contributed by atoms with Crippen molar-refractivity contribution in [2.45, 2.75) is 70.1 Å². The molecule has 0 aliphatic rings. The minimum atomic E-state index is -0.305. The summed E-state index contributed by atoms with van der Waals surface area (Å²) in [5.74, 6) is 10.1. The van der Waals surface area contributed by atoms with E-state index in [4.69, 9.17) is 4.74 Å². The molecule has 0 aliphatic heterocycles. The molecular formula is C60H60F4N4O5. The normalized spacial score (nSPS) is 10.4. The van der Waals surface area contributed by atoms with Gasteiger partial charge in [-0.05, 0) is 140 Å². The van der Waals surface area contributed by atoms with Gasteiger partial charge < -0.3 is 26.0 Å². The highest BCUT2D eigenvalue weighted by atomic mass is 19.1. The van der Waals surface area contributed by atoms with E-state index in [-0.39, 0.29) is 84.9 Å². The lowest BCUT2D eigenvalue weighted by Gasteiger charge is -2.18. The van der Waals surface area contributed by atoms with E-state index in [9.17, 15) is 36.7 Å². The second-order valence-corrected chi connectivity index (χ2v) is 17.0. The van der Waals surface area contributed by atoms with Crippen molar-refractivity contribution < 1.29 is 41.5 Å². The summed E-state index contributed by atoms with van der Waals surface area (Å²) in [6.45, 7) is 2.75. The third kappa shape index (κ3) is 20.2. The largest absolute Gasteiger partial charge is 0.497 e. The molecule has 6 aromatic rings. The first kappa shape index (κ1) is 55.8. The van der Waals surface area contributed by atoms with Crippen molar-refractivity contribution in [2.75, 3.05) is 33.3 Å². The average Bonchev–Trinajstić information content (AvgIpc) is 3.40. The number of unbranched alkanes of at least 4 members (excludes halogenated alkanes) is 2. The standard InChI is InChI=1S/C30H30F2N2O3.C30H30F2N2O2/c1-37-27-18-12-24(13-19-27)30(36)34-21-5-4-20-33-29(35)7-3-2-6-28(22-8-14-25(31)15-9-22)23-10-16-26(32)17-11-23;1-22-8-10-25(11-9-22)30(36)34-21-5-4-20-33-29(35)7-3-2-6-28(23-12-16-26(31)17-13-23)24-14-18-27(32)19-15-24/h8-19,28H,2-3,6-7,20-21H2,1H3,(H,33,35)(H,34,36);8-19,28H,2-3,6-7,20-21H2,1H3,(H,33,35)(H,34,36). The lowest BCUT2D eigenvalue weighted by Crippen LogP contribution is -2.25. The predicted molar refractivity (Wildman–Crippen MR) is 277 cm³/mol. The molecule has 9 nitrogen and oxygen atoms in total. The Balaban J connectivity index is 0.000000271. The number of benzene rings is 6. The minimum absolute atomic E-state index is 0.00440. The Labute approximate surface area is 425 Å². The zero-order valence-electron chi connectivity index (χ0n) is 41.0. The summed E-state index contributed by atoms with van der Waals surface area (Å²) < 4.78 is 58.6. The van der Waals surface area contributed by atoms with Crippen molar-refractivity contribution in [1.29, 1.82) is 0 Å². The molecule has 0 aliphatic carbocycles. The van der Waals surface area contributed by atoms with Gasteiger partial charge in [0.1, 0.15) is 29.0 Å². The van der Waals surface area contributed by atoms with E-state index in [0.717, 1.165) is 53.5 Å². The van der Waals surface area contributed by atoms with Gasteiger partial charge in [0.15, 0.2) is 0 Å². The first-order valence-electron chi connectivity index (χ1n) is 24.1. The van der Waals surface area contributed by atoms with Crippen LogP contribution in [0.3, 0.4) is 0 Å². The van der Waals surface area contributed by atoms with Crippen LogP contribution in [0.1, 0.15) is 112 Å². The van der Waals surface area contributed by atoms with Crippen molar-refractivity contribution >= 4 is 23.6 Å². The number of rotatable bonds is 21. The van der Waals surface area contributed by atoms with Crippen molar-refractivity contribution in [3.05, 3.63) is 208 Å². The van der Waals surface area contributed by atoms with Crippen molar-refractivity contribution in [3.8, 4) is 29.4 Å². The van der Waals surface area contributed by atoms with E-state index in [1.54, 1.807) is 92.0 Å². The Morgan fingerprint density at radius 2 is 0.726 bits per heavy atom. The highest BCUT2D eigenvalue weighted by Gasteiger charge is 2.17. The maximum absolute atomic E-state index is 13.4. The number of hydrogen-bond acceptors (Lipinski definition) is 5. The predicted octanol–water partition coefficient (Wildman–Crippen LogP) is 10.7. The van der Waals surface area contributed by atoms with Crippen LogP contribution in [0.15, 0.2) is 146 Å². The third-order valence-electron chi connectivity index (χ3n) is 11.7. The quantitative estimate of drug-likeness (QED) is 0.0325. The van der Waals surface area contributed by atoms with E-state index in [0.29, 0.717) is 42.6 Å². The monoisotopic (exact) mass is 992 g/mol. The Kier molecular flexibility index (Phi) is 23.3. The van der Waals surface area contributed by atoms with E-state index in [1.807, 2.05) is 19.1 Å². The van der Waals surface area contributed by atoms with Gasteiger partial charge in [0.25, 0.3) is 11.8 Å². The Morgan fingerprint density at radius 3 is 1.04 bits per heavy atom. The van der Waals surface area contributed by atoms with Crippen molar-refractivity contribution in [3.63, 3.8) is 0 Å². The SMILES string of the molecule is COc1ccc(C(=O)NCC#CCNC(=O)CCCCC(c2ccc(F)cc2)c2ccc(F)cc2)cc1.Cc1ccc(C(=O)NCC#CCNC(=O)CCCCC(c2ccc(F)cc2)c2ccc(F)cc2)cc1. The summed E-state index contributed by atoms with van der Waals surface area (Å²) in [5, 5.41) is 10.9. The second-order valence-electron chi connectivity index (χ2n) is 17.0. The molecule has 13 heteroatoms. The van der Waals surface area contributed by atoms with Gasteiger partial charge in [-0.1, -0.05) is 103 Å². The zero-order chi connectivity index (χ0) is 52.2. The molecule has 73 heavy (non-hydrogen) atoms. The van der Waals surface area contributed by atoms with Crippen LogP contribution in [0, 0.1) is 53.9 Å². The molecule has 4 N–H and O–H groups in total. The molecule has 378 valence electrons. The molecule has 0 spiro atoms. The van der Waals surface area contributed by atoms with E-state index < -0.39 is 0 Å². The van der Waals surface area contributed by atoms with Gasteiger partial charge in [-0.25, -0.2) is 17.6 Å². The molecule has 0 atom stereocenters. The Hall–Kier alpha value is -8.16. The van der Waals surface area contributed by atoms with E-state index >= 15 is 0 Å². The summed E-state index contributed by atoms with van der Waals surface area (Å²) in [5.41, 5.74) is 5.99. The Bertz CT molecular complexity index is 2710. The van der Waals surface area contributed by atoms with Crippen LogP contribution in [0.2, 0.25) is 0 Å². The van der Waals surface area contributed by atoms with E-state index in [1.165, 1.54) is 48.5 Å². The van der Waals surface area contributed by atoms with Gasteiger partial charge >= 0.3 is 0 Å².